The molecule has 1 saturated heterocycles. The van der Waals surface area contributed by atoms with Gasteiger partial charge in [-0.3, -0.25) is 4.79 Å². The molecule has 6 nitrogen and oxygen atoms in total. The van der Waals surface area contributed by atoms with Gasteiger partial charge in [-0.2, -0.15) is 0 Å². The molecule has 0 saturated carbocycles. The average Bonchev–Trinajstić information content (AvgIpc) is 3.52. The molecule has 0 unspecified atom stereocenters. The maximum atomic E-state index is 13.2. The minimum absolute atomic E-state index is 0.0625. The van der Waals surface area contributed by atoms with Gasteiger partial charge in [0.1, 0.15) is 0 Å². The number of likely N-dealkylation sites (tertiary alicyclic amines) is 1. The molecule has 1 N–H and O–H groups in total. The molecular formula is C29H38N4O2. The summed E-state index contributed by atoms with van der Waals surface area (Å²) in [7, 11) is 3.99. The van der Waals surface area contributed by atoms with Gasteiger partial charge >= 0.3 is 0 Å². The third-order valence-electron chi connectivity index (χ3n) is 6.60. The Hall–Kier alpha value is -3.12. The lowest BCUT2D eigenvalue weighted by Crippen LogP contribution is -2.29. The van der Waals surface area contributed by atoms with Crippen LogP contribution in [0.3, 0.4) is 0 Å². The zero-order valence-corrected chi connectivity index (χ0v) is 21.7. The van der Waals surface area contributed by atoms with Crippen molar-refractivity contribution in [1.82, 2.24) is 15.2 Å². The van der Waals surface area contributed by atoms with E-state index < -0.39 is 0 Å². The third-order valence-corrected chi connectivity index (χ3v) is 6.60. The first kappa shape index (κ1) is 25.0. The number of amides is 1. The lowest BCUT2D eigenvalue weighted by atomic mass is 9.87. The Bertz CT molecular complexity index is 1140. The lowest BCUT2D eigenvalue weighted by Gasteiger charge is -2.18. The molecule has 186 valence electrons. The first-order chi connectivity index (χ1) is 16.7. The molecule has 0 radical (unpaired) electrons. The lowest BCUT2D eigenvalue weighted by molar-refractivity contribution is 0.0948. The second kappa shape index (κ2) is 10.6. The summed E-state index contributed by atoms with van der Waals surface area (Å²) in [6, 6.07) is 16.2. The molecule has 1 aliphatic rings. The Morgan fingerprint density at radius 3 is 2.43 bits per heavy atom. The van der Waals surface area contributed by atoms with Crippen molar-refractivity contribution < 1.29 is 9.21 Å². The molecule has 1 aliphatic heterocycles. The van der Waals surface area contributed by atoms with Crippen LogP contribution in [0.15, 0.2) is 52.9 Å². The van der Waals surface area contributed by atoms with Gasteiger partial charge in [-0.15, -0.1) is 0 Å². The van der Waals surface area contributed by atoms with E-state index in [0.717, 1.165) is 29.8 Å². The van der Waals surface area contributed by atoms with Gasteiger partial charge in [-0.05, 0) is 74.1 Å². The number of nitrogens with zero attached hydrogens (tertiary/aromatic N) is 3. The van der Waals surface area contributed by atoms with Gasteiger partial charge in [0.25, 0.3) is 5.91 Å². The highest BCUT2D eigenvalue weighted by Gasteiger charge is 2.23. The van der Waals surface area contributed by atoms with Crippen LogP contribution in [0.2, 0.25) is 0 Å². The van der Waals surface area contributed by atoms with E-state index in [1.807, 2.05) is 55.4 Å². The molecule has 2 heterocycles. The molecule has 0 spiro atoms. The van der Waals surface area contributed by atoms with E-state index in [-0.39, 0.29) is 11.3 Å². The molecule has 1 fully saturated rings. The minimum atomic E-state index is -0.196. The summed E-state index contributed by atoms with van der Waals surface area (Å²) >= 11 is 0. The first-order valence-corrected chi connectivity index (χ1v) is 12.6. The number of aromatic nitrogens is 1. The summed E-state index contributed by atoms with van der Waals surface area (Å²) in [6.07, 6.45) is 3.48. The van der Waals surface area contributed by atoms with Crippen LogP contribution in [0.4, 0.5) is 5.69 Å². The fourth-order valence-corrected chi connectivity index (χ4v) is 4.43. The van der Waals surface area contributed by atoms with E-state index >= 15 is 0 Å². The topological polar surface area (TPSA) is 61.6 Å². The van der Waals surface area contributed by atoms with Crippen LogP contribution in [0.1, 0.15) is 56.1 Å². The number of rotatable bonds is 8. The Morgan fingerprint density at radius 2 is 1.77 bits per heavy atom. The van der Waals surface area contributed by atoms with Crippen molar-refractivity contribution in [2.45, 2.75) is 45.4 Å². The van der Waals surface area contributed by atoms with Crippen LogP contribution in [0.5, 0.6) is 0 Å². The average molecular weight is 475 g/mol. The molecule has 1 amide bonds. The summed E-state index contributed by atoms with van der Waals surface area (Å²) in [5.41, 5.74) is 4.36. The number of anilines is 1. The van der Waals surface area contributed by atoms with Gasteiger partial charge < -0.3 is 19.5 Å². The Morgan fingerprint density at radius 1 is 1.06 bits per heavy atom. The highest BCUT2D eigenvalue weighted by Crippen LogP contribution is 2.33. The SMILES string of the molecule is CN(C)c1cccc(-c2oc(-c3ccc(C(C)(C)C)cc3)nc2C(=O)NCCCN2CCCC2)c1. The molecule has 6 heteroatoms. The van der Waals surface area contributed by atoms with Crippen molar-refractivity contribution in [2.24, 2.45) is 0 Å². The van der Waals surface area contributed by atoms with Crippen molar-refractivity contribution in [1.29, 1.82) is 0 Å². The van der Waals surface area contributed by atoms with E-state index in [1.165, 1.54) is 31.5 Å². The van der Waals surface area contributed by atoms with E-state index in [0.29, 0.717) is 23.9 Å². The van der Waals surface area contributed by atoms with Crippen molar-refractivity contribution in [3.05, 3.63) is 59.8 Å². The second-order valence-electron chi connectivity index (χ2n) is 10.6. The van der Waals surface area contributed by atoms with E-state index in [2.05, 4.69) is 48.1 Å². The second-order valence-corrected chi connectivity index (χ2v) is 10.6. The summed E-state index contributed by atoms with van der Waals surface area (Å²) in [5.74, 6) is 0.761. The summed E-state index contributed by atoms with van der Waals surface area (Å²) < 4.78 is 6.26. The Labute approximate surface area is 209 Å². The van der Waals surface area contributed by atoms with E-state index in [4.69, 9.17) is 4.42 Å². The number of hydrogen-bond donors (Lipinski definition) is 1. The Balaban J connectivity index is 1.60. The highest BCUT2D eigenvalue weighted by atomic mass is 16.4. The first-order valence-electron chi connectivity index (χ1n) is 12.6. The highest BCUT2D eigenvalue weighted by molar-refractivity contribution is 5.98. The van der Waals surface area contributed by atoms with E-state index in [9.17, 15) is 4.79 Å². The number of carbonyl (C=O) groups is 1. The number of nitrogens with one attached hydrogen (secondary N) is 1. The van der Waals surface area contributed by atoms with Crippen molar-refractivity contribution in [3.8, 4) is 22.8 Å². The quantitative estimate of drug-likeness (QED) is 0.431. The fraction of sp³-hybridized carbons (Fsp3) is 0.448. The normalized spacial score (nSPS) is 14.3. The van der Waals surface area contributed by atoms with Gasteiger partial charge in [-0.1, -0.05) is 45.0 Å². The summed E-state index contributed by atoms with van der Waals surface area (Å²) in [4.78, 5) is 22.4. The zero-order valence-electron chi connectivity index (χ0n) is 21.7. The minimum Gasteiger partial charge on any atom is -0.435 e. The summed E-state index contributed by atoms with van der Waals surface area (Å²) in [5, 5.41) is 3.07. The van der Waals surface area contributed by atoms with Crippen LogP contribution < -0.4 is 10.2 Å². The molecule has 0 bridgehead atoms. The van der Waals surface area contributed by atoms with Crippen molar-refractivity contribution >= 4 is 11.6 Å². The van der Waals surface area contributed by atoms with Crippen LogP contribution in [0.25, 0.3) is 22.8 Å². The van der Waals surface area contributed by atoms with Crippen molar-refractivity contribution in [3.63, 3.8) is 0 Å². The number of carbonyl (C=O) groups excluding carboxylic acids is 1. The van der Waals surface area contributed by atoms with Gasteiger partial charge in [0.15, 0.2) is 11.5 Å². The maximum Gasteiger partial charge on any atom is 0.273 e. The third kappa shape index (κ3) is 6.12. The van der Waals surface area contributed by atoms with Gasteiger partial charge in [-0.25, -0.2) is 4.98 Å². The van der Waals surface area contributed by atoms with Gasteiger partial charge in [0.2, 0.25) is 5.89 Å². The van der Waals surface area contributed by atoms with Crippen LogP contribution in [-0.4, -0.2) is 56.1 Å². The number of oxazole rings is 1. The monoisotopic (exact) mass is 474 g/mol. The molecular weight excluding hydrogens is 436 g/mol. The van der Waals surface area contributed by atoms with Crippen LogP contribution in [-0.2, 0) is 5.41 Å². The molecule has 1 aromatic heterocycles. The van der Waals surface area contributed by atoms with Crippen LogP contribution in [0, 0.1) is 0 Å². The maximum absolute atomic E-state index is 13.2. The molecule has 0 aliphatic carbocycles. The largest absolute Gasteiger partial charge is 0.435 e. The van der Waals surface area contributed by atoms with E-state index in [1.54, 1.807) is 0 Å². The van der Waals surface area contributed by atoms with Gasteiger partial charge in [0, 0.05) is 37.5 Å². The molecule has 0 atom stereocenters. The van der Waals surface area contributed by atoms with Crippen LogP contribution >= 0.6 is 0 Å². The standard InChI is InChI=1S/C29H38N4O2/c1-29(2,3)23-14-12-21(13-15-23)28-31-25(27(34)30-16-9-19-33-17-6-7-18-33)26(35-28)22-10-8-11-24(20-22)32(4)5/h8,10-15,20H,6-7,9,16-19H2,1-5H3,(H,30,34). The number of benzene rings is 2. The fourth-order valence-electron chi connectivity index (χ4n) is 4.43. The van der Waals surface area contributed by atoms with Gasteiger partial charge in [0.05, 0.1) is 0 Å². The molecule has 35 heavy (non-hydrogen) atoms. The smallest absolute Gasteiger partial charge is 0.273 e. The zero-order chi connectivity index (χ0) is 25.0. The summed E-state index contributed by atoms with van der Waals surface area (Å²) in [6.45, 7) is 10.5. The predicted molar refractivity (Wildman–Crippen MR) is 143 cm³/mol. The number of hydrogen-bond acceptors (Lipinski definition) is 5. The van der Waals surface area contributed by atoms with Crippen molar-refractivity contribution in [2.75, 3.05) is 45.2 Å². The Kier molecular flexibility index (Phi) is 7.60. The molecule has 3 aromatic rings. The predicted octanol–water partition coefficient (Wildman–Crippen LogP) is 5.59. The molecule has 4 rings (SSSR count). The molecule has 2 aromatic carbocycles.